The third-order valence-corrected chi connectivity index (χ3v) is 5.91. The highest BCUT2D eigenvalue weighted by molar-refractivity contribution is 6.04. The molecule has 0 saturated carbocycles. The van der Waals surface area contributed by atoms with Crippen LogP contribution < -0.4 is 26.1 Å². The number of anilines is 2. The van der Waals surface area contributed by atoms with Crippen LogP contribution in [0.2, 0.25) is 0 Å². The summed E-state index contributed by atoms with van der Waals surface area (Å²) in [7, 11) is 1.47. The highest BCUT2D eigenvalue weighted by atomic mass is 16.5. The minimum Gasteiger partial charge on any atom is -0.492 e. The maximum absolute atomic E-state index is 13.2. The Kier molecular flexibility index (Phi) is 7.98. The number of hydrogen-bond acceptors (Lipinski definition) is 10. The van der Waals surface area contributed by atoms with Crippen molar-refractivity contribution in [3.63, 3.8) is 0 Å². The van der Waals surface area contributed by atoms with Crippen LogP contribution in [0.15, 0.2) is 35.4 Å². The van der Waals surface area contributed by atoms with Crippen LogP contribution in [0.5, 0.6) is 11.5 Å². The number of benzene rings is 1. The van der Waals surface area contributed by atoms with Gasteiger partial charge in [0.2, 0.25) is 5.95 Å². The number of β-amino-alcohol motifs (C(OH)–C–C–N with tert-alkyl or cyclic N) is 1. The number of fused-ring (bicyclic) bond motifs is 1. The van der Waals surface area contributed by atoms with Gasteiger partial charge in [-0.2, -0.15) is 0 Å². The SMILES string of the molecule is CCn1c(NC(=O)c2cnc(N)nc2)cc2c(OC)c(OC[C@@H](O)CN3CCOCC3)ccc2c1=O. The third-order valence-electron chi connectivity index (χ3n) is 5.91. The zero-order chi connectivity index (χ0) is 25.7. The minimum atomic E-state index is -0.714. The van der Waals surface area contributed by atoms with Crippen LogP contribution in [0.4, 0.5) is 11.8 Å². The van der Waals surface area contributed by atoms with Crippen molar-refractivity contribution in [2.45, 2.75) is 19.6 Å². The van der Waals surface area contributed by atoms with Crippen LogP contribution in [0.25, 0.3) is 10.8 Å². The summed E-state index contributed by atoms with van der Waals surface area (Å²) in [6.45, 7) is 5.46. The van der Waals surface area contributed by atoms with Crippen molar-refractivity contribution in [3.05, 3.63) is 46.5 Å². The highest BCUT2D eigenvalue weighted by Crippen LogP contribution is 2.35. The number of hydrogen-bond donors (Lipinski definition) is 3. The van der Waals surface area contributed by atoms with Gasteiger partial charge in [-0.3, -0.25) is 19.1 Å². The van der Waals surface area contributed by atoms with Gasteiger partial charge < -0.3 is 30.4 Å². The molecule has 1 amide bonds. The first kappa shape index (κ1) is 25.4. The average Bonchev–Trinajstić information content (AvgIpc) is 2.88. The summed E-state index contributed by atoms with van der Waals surface area (Å²) in [4.78, 5) is 35.8. The molecule has 12 heteroatoms. The van der Waals surface area contributed by atoms with E-state index >= 15 is 0 Å². The van der Waals surface area contributed by atoms with Crippen molar-refractivity contribution < 1.29 is 24.1 Å². The zero-order valence-corrected chi connectivity index (χ0v) is 20.3. The molecule has 0 radical (unpaired) electrons. The van der Waals surface area contributed by atoms with E-state index in [2.05, 4.69) is 20.2 Å². The number of carbonyl (C=O) groups is 1. The zero-order valence-electron chi connectivity index (χ0n) is 20.3. The molecule has 12 nitrogen and oxygen atoms in total. The second kappa shape index (κ2) is 11.3. The molecule has 1 aliphatic heterocycles. The van der Waals surface area contributed by atoms with Crippen LogP contribution in [-0.2, 0) is 11.3 Å². The molecule has 0 spiro atoms. The molecule has 1 atom stereocenters. The van der Waals surface area contributed by atoms with E-state index in [9.17, 15) is 14.7 Å². The van der Waals surface area contributed by atoms with E-state index in [-0.39, 0.29) is 29.5 Å². The van der Waals surface area contributed by atoms with Crippen molar-refractivity contribution in [2.75, 3.05) is 57.6 Å². The first-order valence-electron chi connectivity index (χ1n) is 11.7. The highest BCUT2D eigenvalue weighted by Gasteiger charge is 2.20. The molecule has 1 aliphatic rings. The fourth-order valence-electron chi connectivity index (χ4n) is 4.08. The number of aromatic nitrogens is 3. The summed E-state index contributed by atoms with van der Waals surface area (Å²) in [5, 5.41) is 14.1. The van der Waals surface area contributed by atoms with Gasteiger partial charge >= 0.3 is 0 Å². The van der Waals surface area contributed by atoms with E-state index in [0.29, 0.717) is 48.6 Å². The number of nitrogens with two attached hydrogens (primary N) is 1. The molecule has 0 bridgehead atoms. The number of nitrogen functional groups attached to an aromatic ring is 1. The molecule has 4 N–H and O–H groups in total. The lowest BCUT2D eigenvalue weighted by atomic mass is 10.1. The molecule has 3 aromatic rings. The summed E-state index contributed by atoms with van der Waals surface area (Å²) in [6.07, 6.45) is 1.90. The topological polar surface area (TPSA) is 154 Å². The standard InChI is InChI=1S/C24H30N6O6/c1-3-30-20(28-22(32)15-11-26-24(25)27-12-15)10-18-17(23(30)33)4-5-19(21(18)34-2)36-14-16(31)13-29-6-8-35-9-7-29/h4-5,10-12,16,31H,3,6-9,13-14H2,1-2H3,(H,28,32)(H2,25,26,27)/t16-/m0/s1. The Morgan fingerprint density at radius 3 is 2.64 bits per heavy atom. The van der Waals surface area contributed by atoms with E-state index in [4.69, 9.17) is 19.9 Å². The van der Waals surface area contributed by atoms with Crippen molar-refractivity contribution in [3.8, 4) is 11.5 Å². The maximum Gasteiger partial charge on any atom is 0.260 e. The molecule has 2 aromatic heterocycles. The average molecular weight is 499 g/mol. The van der Waals surface area contributed by atoms with Crippen LogP contribution >= 0.6 is 0 Å². The van der Waals surface area contributed by atoms with Crippen LogP contribution in [-0.4, -0.2) is 83.1 Å². The summed E-state index contributed by atoms with van der Waals surface area (Å²) in [5.41, 5.74) is 5.39. The number of nitrogens with one attached hydrogen (secondary N) is 1. The molecular formula is C24H30N6O6. The number of amides is 1. The summed E-state index contributed by atoms with van der Waals surface area (Å²) >= 11 is 0. The lowest BCUT2D eigenvalue weighted by Crippen LogP contribution is -2.42. The maximum atomic E-state index is 13.2. The van der Waals surface area contributed by atoms with Gasteiger partial charge in [0.15, 0.2) is 11.5 Å². The number of nitrogens with zero attached hydrogens (tertiary/aromatic N) is 4. The van der Waals surface area contributed by atoms with Gasteiger partial charge in [-0.15, -0.1) is 0 Å². The van der Waals surface area contributed by atoms with Gasteiger partial charge in [0.05, 0.1) is 31.3 Å². The molecule has 1 aromatic carbocycles. The number of pyridine rings is 1. The van der Waals surface area contributed by atoms with E-state index in [0.717, 1.165) is 13.1 Å². The number of rotatable bonds is 9. The predicted molar refractivity (Wildman–Crippen MR) is 134 cm³/mol. The molecule has 1 fully saturated rings. The van der Waals surface area contributed by atoms with Gasteiger partial charge in [0.25, 0.3) is 11.5 Å². The number of ether oxygens (including phenoxy) is 3. The Hall–Kier alpha value is -3.74. The van der Waals surface area contributed by atoms with Gasteiger partial charge in [-0.25, -0.2) is 9.97 Å². The fraction of sp³-hybridized carbons (Fsp3) is 0.417. The Labute approximate surface area is 207 Å². The lowest BCUT2D eigenvalue weighted by Gasteiger charge is -2.28. The van der Waals surface area contributed by atoms with Gasteiger partial charge in [-0.05, 0) is 25.1 Å². The first-order chi connectivity index (χ1) is 17.4. The Morgan fingerprint density at radius 2 is 1.97 bits per heavy atom. The van der Waals surface area contributed by atoms with Crippen molar-refractivity contribution in [1.29, 1.82) is 0 Å². The second-order valence-corrected chi connectivity index (χ2v) is 8.30. The quantitative estimate of drug-likeness (QED) is 0.385. The molecule has 0 aliphatic carbocycles. The van der Waals surface area contributed by atoms with Gasteiger partial charge in [-0.1, -0.05) is 0 Å². The smallest absolute Gasteiger partial charge is 0.260 e. The monoisotopic (exact) mass is 498 g/mol. The van der Waals surface area contributed by atoms with E-state index in [1.807, 2.05) is 0 Å². The number of aliphatic hydroxyl groups is 1. The van der Waals surface area contributed by atoms with Crippen molar-refractivity contribution in [1.82, 2.24) is 19.4 Å². The van der Waals surface area contributed by atoms with Crippen LogP contribution in [0, 0.1) is 0 Å². The second-order valence-electron chi connectivity index (χ2n) is 8.30. The van der Waals surface area contributed by atoms with Crippen molar-refractivity contribution >= 4 is 28.4 Å². The Bertz CT molecular complexity index is 1270. The number of aliphatic hydroxyl groups excluding tert-OH is 1. The molecule has 4 rings (SSSR count). The fourth-order valence-corrected chi connectivity index (χ4v) is 4.08. The lowest BCUT2D eigenvalue weighted by molar-refractivity contribution is 0.00447. The molecule has 192 valence electrons. The first-order valence-corrected chi connectivity index (χ1v) is 11.7. The molecule has 1 saturated heterocycles. The van der Waals surface area contributed by atoms with Crippen LogP contribution in [0.1, 0.15) is 17.3 Å². The minimum absolute atomic E-state index is 0.0476. The third kappa shape index (κ3) is 5.56. The largest absolute Gasteiger partial charge is 0.492 e. The number of morpholine rings is 1. The summed E-state index contributed by atoms with van der Waals surface area (Å²) in [6, 6.07) is 4.95. The normalized spacial score (nSPS) is 15.0. The van der Waals surface area contributed by atoms with Gasteiger partial charge in [0, 0.05) is 44.0 Å². The Balaban J connectivity index is 1.60. The molecular weight excluding hydrogens is 468 g/mol. The predicted octanol–water partition coefficient (Wildman–Crippen LogP) is 0.726. The Morgan fingerprint density at radius 1 is 1.25 bits per heavy atom. The van der Waals surface area contributed by atoms with E-state index < -0.39 is 12.0 Å². The van der Waals surface area contributed by atoms with Crippen LogP contribution in [0.3, 0.4) is 0 Å². The van der Waals surface area contributed by atoms with E-state index in [1.165, 1.54) is 24.1 Å². The number of carbonyl (C=O) groups excluding carboxylic acids is 1. The molecule has 3 heterocycles. The molecule has 0 unspecified atom stereocenters. The van der Waals surface area contributed by atoms with Gasteiger partial charge in [0.1, 0.15) is 18.5 Å². The summed E-state index contributed by atoms with van der Waals surface area (Å²) < 4.78 is 18.3. The number of methoxy groups -OCH3 is 1. The molecule has 36 heavy (non-hydrogen) atoms. The van der Waals surface area contributed by atoms with E-state index in [1.54, 1.807) is 25.1 Å². The van der Waals surface area contributed by atoms with Crippen molar-refractivity contribution in [2.24, 2.45) is 0 Å². The summed E-state index contributed by atoms with van der Waals surface area (Å²) in [5.74, 6) is 0.546.